The van der Waals surface area contributed by atoms with Crippen molar-refractivity contribution in [2.45, 2.75) is 39.7 Å². The van der Waals surface area contributed by atoms with Crippen LogP contribution in [0.1, 0.15) is 37.8 Å². The molecule has 0 saturated heterocycles. The summed E-state index contributed by atoms with van der Waals surface area (Å²) in [6.45, 7) is 9.16. The van der Waals surface area contributed by atoms with Crippen LogP contribution in [0.2, 0.25) is 0 Å². The first-order chi connectivity index (χ1) is 11.4. The van der Waals surface area contributed by atoms with E-state index in [-0.39, 0.29) is 5.41 Å². The molecule has 4 nitrogen and oxygen atoms in total. The van der Waals surface area contributed by atoms with E-state index in [1.165, 1.54) is 5.56 Å². The van der Waals surface area contributed by atoms with Crippen molar-refractivity contribution in [3.8, 4) is 11.5 Å². The molecular weight excluding hydrogens is 298 g/mol. The molecule has 1 aromatic heterocycles. The molecule has 0 aliphatic carbocycles. The van der Waals surface area contributed by atoms with Gasteiger partial charge < -0.3 is 9.73 Å². The van der Waals surface area contributed by atoms with Gasteiger partial charge in [-0.2, -0.15) is 0 Å². The highest BCUT2D eigenvalue weighted by Gasteiger charge is 2.18. The molecule has 0 bridgehead atoms. The maximum Gasteiger partial charge on any atom is 0.248 e. The second kappa shape index (κ2) is 6.48. The standard InChI is InChI=1S/C20H23N3O/c1-14-9-5-6-10-15(14)19-23-22-18(24-19)13-21-17-12-8-7-11-16(17)20(2,3)4/h5-12,21H,13H2,1-4H3. The first kappa shape index (κ1) is 16.2. The second-order valence-corrected chi connectivity index (χ2v) is 6.97. The van der Waals surface area contributed by atoms with Crippen molar-refractivity contribution in [3.05, 3.63) is 65.5 Å². The Balaban J connectivity index is 1.77. The average molecular weight is 321 g/mol. The number of anilines is 1. The maximum absolute atomic E-state index is 5.81. The summed E-state index contributed by atoms with van der Waals surface area (Å²) in [4.78, 5) is 0. The van der Waals surface area contributed by atoms with E-state index in [9.17, 15) is 0 Å². The Morgan fingerprint density at radius 1 is 0.958 bits per heavy atom. The molecule has 0 fully saturated rings. The molecule has 24 heavy (non-hydrogen) atoms. The number of hydrogen-bond donors (Lipinski definition) is 1. The van der Waals surface area contributed by atoms with Crippen molar-refractivity contribution < 1.29 is 4.42 Å². The third-order valence-corrected chi connectivity index (χ3v) is 4.01. The topological polar surface area (TPSA) is 51.0 Å². The molecule has 1 heterocycles. The van der Waals surface area contributed by atoms with E-state index in [1.54, 1.807) is 0 Å². The largest absolute Gasteiger partial charge is 0.419 e. The number of rotatable bonds is 4. The fraction of sp³-hybridized carbons (Fsp3) is 0.300. The Labute approximate surface area is 142 Å². The molecule has 0 spiro atoms. The van der Waals surface area contributed by atoms with E-state index in [0.717, 1.165) is 16.8 Å². The lowest BCUT2D eigenvalue weighted by atomic mass is 9.86. The van der Waals surface area contributed by atoms with Crippen LogP contribution in [0.3, 0.4) is 0 Å². The summed E-state index contributed by atoms with van der Waals surface area (Å²) in [5.74, 6) is 1.14. The normalized spacial score (nSPS) is 11.5. The number of nitrogens with zero attached hydrogens (tertiary/aromatic N) is 2. The quantitative estimate of drug-likeness (QED) is 0.738. The Morgan fingerprint density at radius 2 is 1.67 bits per heavy atom. The Kier molecular flexibility index (Phi) is 4.38. The molecule has 3 aromatic rings. The Morgan fingerprint density at radius 3 is 2.42 bits per heavy atom. The lowest BCUT2D eigenvalue weighted by Gasteiger charge is -2.23. The molecule has 0 saturated carbocycles. The smallest absolute Gasteiger partial charge is 0.248 e. The highest BCUT2D eigenvalue weighted by molar-refractivity contribution is 5.57. The van der Waals surface area contributed by atoms with Crippen LogP contribution in [0.15, 0.2) is 52.9 Å². The van der Waals surface area contributed by atoms with Gasteiger partial charge in [-0.3, -0.25) is 0 Å². The summed E-state index contributed by atoms with van der Waals surface area (Å²) < 4.78 is 5.81. The van der Waals surface area contributed by atoms with E-state index in [1.807, 2.05) is 37.3 Å². The minimum Gasteiger partial charge on any atom is -0.419 e. The van der Waals surface area contributed by atoms with Crippen LogP contribution in [0.5, 0.6) is 0 Å². The summed E-state index contributed by atoms with van der Waals surface area (Å²) in [6, 6.07) is 16.3. The lowest BCUT2D eigenvalue weighted by molar-refractivity contribution is 0.514. The molecule has 3 rings (SSSR count). The van der Waals surface area contributed by atoms with Gasteiger partial charge in [-0.25, -0.2) is 0 Å². The van der Waals surface area contributed by atoms with Crippen molar-refractivity contribution in [2.75, 3.05) is 5.32 Å². The number of hydrogen-bond acceptors (Lipinski definition) is 4. The van der Waals surface area contributed by atoms with Crippen molar-refractivity contribution in [1.82, 2.24) is 10.2 Å². The number of benzene rings is 2. The molecule has 0 aliphatic heterocycles. The van der Waals surface area contributed by atoms with Gasteiger partial charge in [-0.1, -0.05) is 57.2 Å². The van der Waals surface area contributed by atoms with Gasteiger partial charge in [0.05, 0.1) is 6.54 Å². The summed E-state index contributed by atoms with van der Waals surface area (Å²) in [6.07, 6.45) is 0. The maximum atomic E-state index is 5.81. The van der Waals surface area contributed by atoms with Gasteiger partial charge >= 0.3 is 0 Å². The van der Waals surface area contributed by atoms with Gasteiger partial charge in [0, 0.05) is 11.3 Å². The third kappa shape index (κ3) is 3.48. The number of aromatic nitrogens is 2. The van der Waals surface area contributed by atoms with E-state index in [0.29, 0.717) is 18.3 Å². The molecule has 0 unspecified atom stereocenters. The summed E-state index contributed by atoms with van der Waals surface area (Å²) >= 11 is 0. The number of aryl methyl sites for hydroxylation is 1. The fourth-order valence-corrected chi connectivity index (χ4v) is 2.71. The molecular formula is C20H23N3O. The lowest BCUT2D eigenvalue weighted by Crippen LogP contribution is -2.14. The van der Waals surface area contributed by atoms with Crippen molar-refractivity contribution in [1.29, 1.82) is 0 Å². The SMILES string of the molecule is Cc1ccccc1-c1nnc(CNc2ccccc2C(C)(C)C)o1. The Bertz CT molecular complexity index is 831. The first-order valence-corrected chi connectivity index (χ1v) is 8.17. The second-order valence-electron chi connectivity index (χ2n) is 6.97. The van der Waals surface area contributed by atoms with Gasteiger partial charge in [0.1, 0.15) is 0 Å². The highest BCUT2D eigenvalue weighted by atomic mass is 16.4. The number of para-hydroxylation sites is 1. The molecule has 124 valence electrons. The van der Waals surface area contributed by atoms with Crippen LogP contribution in [0.25, 0.3) is 11.5 Å². The van der Waals surface area contributed by atoms with Crippen LogP contribution in [-0.4, -0.2) is 10.2 Å². The van der Waals surface area contributed by atoms with E-state index in [2.05, 4.69) is 54.5 Å². The van der Waals surface area contributed by atoms with Crippen LogP contribution in [0.4, 0.5) is 5.69 Å². The van der Waals surface area contributed by atoms with Gasteiger partial charge in [0.15, 0.2) is 0 Å². The minimum atomic E-state index is 0.0742. The van der Waals surface area contributed by atoms with Crippen LogP contribution in [-0.2, 0) is 12.0 Å². The average Bonchev–Trinajstić information content (AvgIpc) is 3.01. The summed E-state index contributed by atoms with van der Waals surface area (Å²) in [7, 11) is 0. The van der Waals surface area contributed by atoms with E-state index in [4.69, 9.17) is 4.42 Å². The molecule has 0 amide bonds. The predicted molar refractivity (Wildman–Crippen MR) is 96.9 cm³/mol. The Hall–Kier alpha value is -2.62. The van der Waals surface area contributed by atoms with Gasteiger partial charge in [-0.15, -0.1) is 10.2 Å². The van der Waals surface area contributed by atoms with E-state index < -0.39 is 0 Å². The van der Waals surface area contributed by atoms with Crippen molar-refractivity contribution in [2.24, 2.45) is 0 Å². The van der Waals surface area contributed by atoms with Crippen LogP contribution < -0.4 is 5.32 Å². The zero-order chi connectivity index (χ0) is 17.2. The predicted octanol–water partition coefficient (Wildman–Crippen LogP) is 4.95. The summed E-state index contributed by atoms with van der Waals surface area (Å²) in [5, 5.41) is 11.8. The minimum absolute atomic E-state index is 0.0742. The third-order valence-electron chi connectivity index (χ3n) is 4.01. The van der Waals surface area contributed by atoms with Crippen molar-refractivity contribution in [3.63, 3.8) is 0 Å². The molecule has 2 aromatic carbocycles. The van der Waals surface area contributed by atoms with Crippen LogP contribution >= 0.6 is 0 Å². The molecule has 0 aliphatic rings. The number of nitrogens with one attached hydrogen (secondary N) is 1. The fourth-order valence-electron chi connectivity index (χ4n) is 2.71. The highest BCUT2D eigenvalue weighted by Crippen LogP contribution is 2.29. The molecule has 1 N–H and O–H groups in total. The summed E-state index contributed by atoms with van der Waals surface area (Å²) in [5.41, 5.74) is 4.54. The molecule has 0 radical (unpaired) electrons. The first-order valence-electron chi connectivity index (χ1n) is 8.17. The van der Waals surface area contributed by atoms with Crippen LogP contribution in [0, 0.1) is 6.92 Å². The van der Waals surface area contributed by atoms with Crippen molar-refractivity contribution >= 4 is 5.69 Å². The molecule has 4 heteroatoms. The van der Waals surface area contributed by atoms with E-state index >= 15 is 0 Å². The van der Waals surface area contributed by atoms with Gasteiger partial charge in [0.25, 0.3) is 0 Å². The zero-order valence-electron chi connectivity index (χ0n) is 14.6. The molecule has 0 atom stereocenters. The zero-order valence-corrected chi connectivity index (χ0v) is 14.6. The monoisotopic (exact) mass is 321 g/mol. The van der Waals surface area contributed by atoms with Gasteiger partial charge in [0.2, 0.25) is 11.8 Å². The van der Waals surface area contributed by atoms with Gasteiger partial charge in [-0.05, 0) is 35.6 Å².